The van der Waals surface area contributed by atoms with E-state index < -0.39 is 22.6 Å². The summed E-state index contributed by atoms with van der Waals surface area (Å²) in [5, 5.41) is 17.2. The van der Waals surface area contributed by atoms with Gasteiger partial charge in [-0.1, -0.05) is 18.2 Å². The van der Waals surface area contributed by atoms with Crippen LogP contribution in [0.1, 0.15) is 37.7 Å². The molecule has 2 N–H and O–H groups in total. The number of nitro groups is 1. The topological polar surface area (TPSA) is 101 Å². The van der Waals surface area contributed by atoms with Gasteiger partial charge in [-0.2, -0.15) is 0 Å². The second kappa shape index (κ2) is 8.14. The van der Waals surface area contributed by atoms with E-state index in [1.807, 2.05) is 0 Å². The molecule has 0 saturated heterocycles. The number of dihydropyridines is 1. The minimum Gasteiger partial charge on any atom is -0.362 e. The Bertz CT molecular complexity index is 1170. The number of nitrogens with zero attached hydrogens (tertiary/aromatic N) is 1. The number of allylic oxidation sites excluding steroid dienone is 3. The molecule has 0 fully saturated rings. The first kappa shape index (κ1) is 20.5. The first-order valence-corrected chi connectivity index (χ1v) is 9.90. The maximum Gasteiger partial charge on any atom is 0.269 e. The van der Waals surface area contributed by atoms with Crippen molar-refractivity contribution in [2.75, 3.05) is 5.32 Å². The van der Waals surface area contributed by atoms with Gasteiger partial charge in [0.25, 0.3) is 11.6 Å². The van der Waals surface area contributed by atoms with Crippen LogP contribution < -0.4 is 10.6 Å². The fraction of sp³-hybridized carbons (Fsp3) is 0.217. The van der Waals surface area contributed by atoms with Crippen molar-refractivity contribution in [2.24, 2.45) is 0 Å². The van der Waals surface area contributed by atoms with Gasteiger partial charge in [-0.15, -0.1) is 0 Å². The monoisotopic (exact) mass is 421 g/mol. The predicted molar refractivity (Wildman–Crippen MR) is 113 cm³/mol. The molecule has 4 rings (SSSR count). The van der Waals surface area contributed by atoms with Crippen LogP contribution in [0.4, 0.5) is 15.8 Å². The molecule has 1 aliphatic heterocycles. The van der Waals surface area contributed by atoms with E-state index in [4.69, 9.17) is 0 Å². The largest absolute Gasteiger partial charge is 0.362 e. The van der Waals surface area contributed by atoms with Gasteiger partial charge in [0, 0.05) is 52.7 Å². The van der Waals surface area contributed by atoms with Gasteiger partial charge in [-0.3, -0.25) is 19.7 Å². The van der Waals surface area contributed by atoms with Crippen LogP contribution in [0.15, 0.2) is 71.1 Å². The number of amides is 1. The number of hydrogen-bond donors (Lipinski definition) is 2. The zero-order valence-electron chi connectivity index (χ0n) is 16.8. The number of non-ortho nitro benzene ring substituents is 1. The predicted octanol–water partition coefficient (Wildman–Crippen LogP) is 4.34. The van der Waals surface area contributed by atoms with E-state index in [-0.39, 0.29) is 22.7 Å². The number of nitro benzene ring substituents is 1. The van der Waals surface area contributed by atoms with Crippen LogP contribution in [-0.4, -0.2) is 16.6 Å². The number of carbonyl (C=O) groups is 2. The van der Waals surface area contributed by atoms with E-state index in [2.05, 4.69) is 10.6 Å². The highest BCUT2D eigenvalue weighted by molar-refractivity contribution is 6.09. The van der Waals surface area contributed by atoms with Gasteiger partial charge in [0.1, 0.15) is 5.82 Å². The molecule has 0 radical (unpaired) electrons. The summed E-state index contributed by atoms with van der Waals surface area (Å²) in [6.07, 6.45) is 1.71. The Balaban J connectivity index is 1.82. The number of hydrogen-bond acceptors (Lipinski definition) is 5. The highest BCUT2D eigenvalue weighted by Gasteiger charge is 2.38. The molecule has 2 aromatic carbocycles. The summed E-state index contributed by atoms with van der Waals surface area (Å²) in [7, 11) is 0. The van der Waals surface area contributed by atoms with Crippen LogP contribution in [-0.2, 0) is 9.59 Å². The molecule has 158 valence electrons. The second-order valence-electron chi connectivity index (χ2n) is 7.58. The highest BCUT2D eigenvalue weighted by atomic mass is 19.1. The maximum absolute atomic E-state index is 13.6. The Labute approximate surface area is 177 Å². The lowest BCUT2D eigenvalue weighted by Gasteiger charge is -2.34. The summed E-state index contributed by atoms with van der Waals surface area (Å²) in [6.45, 7) is 1.73. The number of benzene rings is 2. The molecule has 7 nitrogen and oxygen atoms in total. The summed E-state index contributed by atoms with van der Waals surface area (Å²) in [6, 6.07) is 11.5. The quantitative estimate of drug-likeness (QED) is 0.565. The van der Waals surface area contributed by atoms with Crippen LogP contribution >= 0.6 is 0 Å². The molecule has 2 aliphatic rings. The van der Waals surface area contributed by atoms with Crippen molar-refractivity contribution < 1.29 is 18.9 Å². The molecule has 1 atom stereocenters. The molecule has 31 heavy (non-hydrogen) atoms. The van der Waals surface area contributed by atoms with Crippen molar-refractivity contribution in [3.8, 4) is 0 Å². The fourth-order valence-corrected chi connectivity index (χ4v) is 4.20. The zero-order valence-corrected chi connectivity index (χ0v) is 16.8. The molecule has 0 bridgehead atoms. The molecule has 0 unspecified atom stereocenters. The van der Waals surface area contributed by atoms with Crippen molar-refractivity contribution in [1.82, 2.24) is 5.32 Å². The van der Waals surface area contributed by atoms with Gasteiger partial charge < -0.3 is 10.6 Å². The number of carbonyl (C=O) groups excluding carboxylic acids is 2. The van der Waals surface area contributed by atoms with Crippen LogP contribution in [0.2, 0.25) is 0 Å². The smallest absolute Gasteiger partial charge is 0.269 e. The van der Waals surface area contributed by atoms with E-state index in [1.165, 1.54) is 30.3 Å². The van der Waals surface area contributed by atoms with E-state index in [9.17, 15) is 24.1 Å². The van der Waals surface area contributed by atoms with Gasteiger partial charge in [0.15, 0.2) is 5.78 Å². The summed E-state index contributed by atoms with van der Waals surface area (Å²) >= 11 is 0. The lowest BCUT2D eigenvalue weighted by atomic mass is 9.75. The first-order valence-electron chi connectivity index (χ1n) is 9.90. The van der Waals surface area contributed by atoms with E-state index in [0.29, 0.717) is 36.1 Å². The maximum atomic E-state index is 13.6. The first-order chi connectivity index (χ1) is 14.8. The number of ketones is 1. The van der Waals surface area contributed by atoms with Gasteiger partial charge in [0.05, 0.1) is 4.92 Å². The van der Waals surface area contributed by atoms with Crippen LogP contribution in [0.5, 0.6) is 0 Å². The average molecular weight is 421 g/mol. The second-order valence-corrected chi connectivity index (χ2v) is 7.58. The Hall–Kier alpha value is -3.81. The van der Waals surface area contributed by atoms with Crippen molar-refractivity contribution >= 4 is 23.1 Å². The zero-order chi connectivity index (χ0) is 22.1. The third kappa shape index (κ3) is 3.96. The highest BCUT2D eigenvalue weighted by Crippen LogP contribution is 2.43. The lowest BCUT2D eigenvalue weighted by Crippen LogP contribution is -2.35. The van der Waals surface area contributed by atoms with Crippen molar-refractivity contribution in [1.29, 1.82) is 0 Å². The molecule has 8 heteroatoms. The molecule has 0 aromatic heterocycles. The minimum atomic E-state index is -0.752. The molecular formula is C23H20FN3O4. The molecular weight excluding hydrogens is 401 g/mol. The van der Waals surface area contributed by atoms with Gasteiger partial charge in [0.2, 0.25) is 0 Å². The molecule has 1 amide bonds. The van der Waals surface area contributed by atoms with Crippen LogP contribution in [0, 0.1) is 15.9 Å². The fourth-order valence-electron chi connectivity index (χ4n) is 4.20. The number of Topliss-reactive ketones (excluding diaryl/α,β-unsaturated/α-hetero) is 1. The third-order valence-corrected chi connectivity index (χ3v) is 5.52. The van der Waals surface area contributed by atoms with Crippen LogP contribution in [0.25, 0.3) is 0 Å². The minimum absolute atomic E-state index is 0.0891. The Morgan fingerprint density at radius 1 is 1.19 bits per heavy atom. The van der Waals surface area contributed by atoms with Gasteiger partial charge in [-0.25, -0.2) is 4.39 Å². The summed E-state index contributed by atoms with van der Waals surface area (Å²) < 4.78 is 13.6. The average Bonchev–Trinajstić information content (AvgIpc) is 2.73. The number of halogens is 1. The Morgan fingerprint density at radius 3 is 2.71 bits per heavy atom. The Morgan fingerprint density at radius 2 is 1.97 bits per heavy atom. The van der Waals surface area contributed by atoms with Gasteiger partial charge in [-0.05, 0) is 43.5 Å². The number of anilines is 1. The Kier molecular flexibility index (Phi) is 5.37. The number of rotatable bonds is 4. The van der Waals surface area contributed by atoms with E-state index in [0.717, 1.165) is 5.70 Å². The molecule has 2 aromatic rings. The third-order valence-electron chi connectivity index (χ3n) is 5.52. The molecule has 0 spiro atoms. The standard InChI is InChI=1S/C23H20FN3O4/c1-13-20(23(29)26-16-7-3-6-15(24)12-16)21(14-5-2-8-17(11-14)27(30)31)22-18(25-13)9-4-10-19(22)28/h2-3,5-8,11-12,21,25H,4,9-10H2,1H3,(H,26,29)/t21-/m0/s1. The van der Waals surface area contributed by atoms with Crippen molar-refractivity contribution in [2.45, 2.75) is 32.1 Å². The van der Waals surface area contributed by atoms with Crippen molar-refractivity contribution in [3.63, 3.8) is 0 Å². The summed E-state index contributed by atoms with van der Waals surface area (Å²) in [5.74, 6) is -1.84. The normalized spacial score (nSPS) is 18.4. The lowest BCUT2D eigenvalue weighted by molar-refractivity contribution is -0.384. The summed E-state index contributed by atoms with van der Waals surface area (Å²) in [4.78, 5) is 37.0. The van der Waals surface area contributed by atoms with Crippen molar-refractivity contribution in [3.05, 3.63) is 92.6 Å². The SMILES string of the molecule is CC1=C(C(=O)Nc2cccc(F)c2)[C@H](c2cccc([N+](=O)[O-])c2)C2=C(CCCC2=O)N1. The van der Waals surface area contributed by atoms with Gasteiger partial charge >= 0.3 is 0 Å². The van der Waals surface area contributed by atoms with E-state index >= 15 is 0 Å². The summed E-state index contributed by atoms with van der Waals surface area (Å²) in [5.41, 5.74) is 2.68. The molecule has 1 heterocycles. The number of nitrogens with one attached hydrogen (secondary N) is 2. The van der Waals surface area contributed by atoms with Crippen LogP contribution in [0.3, 0.4) is 0 Å². The molecule has 1 aliphatic carbocycles. The molecule has 0 saturated carbocycles. The van der Waals surface area contributed by atoms with E-state index in [1.54, 1.807) is 25.1 Å².